The quantitative estimate of drug-likeness (QED) is 0.780. The molecule has 1 aromatic carbocycles. The molecule has 0 radical (unpaired) electrons. The first kappa shape index (κ1) is 17.0. The predicted octanol–water partition coefficient (Wildman–Crippen LogP) is 3.10. The summed E-state index contributed by atoms with van der Waals surface area (Å²) in [5.74, 6) is 0.0782. The number of carbonyl (C=O) groups is 2. The molecule has 1 N–H and O–H groups in total. The van der Waals surface area contributed by atoms with E-state index in [9.17, 15) is 9.59 Å². The summed E-state index contributed by atoms with van der Waals surface area (Å²) in [4.78, 5) is 32.3. The number of benzene rings is 1. The Morgan fingerprint density at radius 1 is 1.12 bits per heavy atom. The highest BCUT2D eigenvalue weighted by molar-refractivity contribution is 6.01. The lowest BCUT2D eigenvalue weighted by Crippen LogP contribution is -2.31. The van der Waals surface area contributed by atoms with Gasteiger partial charge in [-0.3, -0.25) is 14.5 Å². The zero-order valence-corrected chi connectivity index (χ0v) is 15.0. The van der Waals surface area contributed by atoms with Gasteiger partial charge in [-0.2, -0.15) is 0 Å². The molecule has 1 aliphatic carbocycles. The molecule has 1 saturated heterocycles. The molecule has 0 bridgehead atoms. The fourth-order valence-corrected chi connectivity index (χ4v) is 3.62. The third-order valence-electron chi connectivity index (χ3n) is 5.27. The molecule has 2 aromatic rings. The maximum absolute atomic E-state index is 12.7. The molecule has 4 rings (SSSR count). The van der Waals surface area contributed by atoms with Gasteiger partial charge in [-0.15, -0.1) is 0 Å². The summed E-state index contributed by atoms with van der Waals surface area (Å²) in [6, 6.07) is 12.5. The van der Waals surface area contributed by atoms with Crippen LogP contribution in [0.25, 0.3) is 0 Å². The molecular formula is C21H25N3O2. The Labute approximate surface area is 154 Å². The van der Waals surface area contributed by atoms with E-state index >= 15 is 0 Å². The Morgan fingerprint density at radius 3 is 2.54 bits per heavy atom. The number of amides is 1. The third kappa shape index (κ3) is 3.88. The number of nitrogens with one attached hydrogen (secondary N) is 1. The second-order valence-electron chi connectivity index (χ2n) is 7.35. The summed E-state index contributed by atoms with van der Waals surface area (Å²) >= 11 is 0. The monoisotopic (exact) mass is 351 g/mol. The molecule has 1 amide bonds. The first-order valence-corrected chi connectivity index (χ1v) is 9.49. The number of Topliss-reactive ketones (excluding diaryl/α,β-unsaturated/α-hetero) is 1. The van der Waals surface area contributed by atoms with Gasteiger partial charge in [0, 0.05) is 37.4 Å². The molecule has 2 aliphatic rings. The van der Waals surface area contributed by atoms with Crippen LogP contribution in [0.3, 0.4) is 0 Å². The van der Waals surface area contributed by atoms with Crippen LogP contribution in [0.15, 0.2) is 42.6 Å². The molecule has 1 saturated carbocycles. The van der Waals surface area contributed by atoms with Crippen LogP contribution in [0, 0.1) is 0 Å². The number of ketones is 1. The van der Waals surface area contributed by atoms with Crippen LogP contribution >= 0.6 is 0 Å². The van der Waals surface area contributed by atoms with E-state index in [1.54, 1.807) is 12.3 Å². The number of hydrogen-bond donors (Lipinski definition) is 1. The van der Waals surface area contributed by atoms with Crippen molar-refractivity contribution in [3.63, 3.8) is 0 Å². The number of hydrogen-bond acceptors (Lipinski definition) is 3. The Bertz CT molecular complexity index is 774. The Balaban J connectivity index is 1.41. The second-order valence-corrected chi connectivity index (χ2v) is 7.35. The van der Waals surface area contributed by atoms with Crippen molar-refractivity contribution in [2.75, 3.05) is 19.6 Å². The first-order valence-electron chi connectivity index (χ1n) is 9.49. The van der Waals surface area contributed by atoms with E-state index in [0.29, 0.717) is 23.8 Å². The first-order chi connectivity index (χ1) is 12.7. The van der Waals surface area contributed by atoms with E-state index in [2.05, 4.69) is 22.0 Å². The van der Waals surface area contributed by atoms with Crippen LogP contribution in [0.5, 0.6) is 0 Å². The zero-order chi connectivity index (χ0) is 17.9. The fourth-order valence-electron chi connectivity index (χ4n) is 3.62. The largest absolute Gasteiger partial charge is 0.356 e. The summed E-state index contributed by atoms with van der Waals surface area (Å²) in [5, 5.41) is 0. The molecule has 2 fully saturated rings. The average Bonchev–Trinajstić information content (AvgIpc) is 3.16. The van der Waals surface area contributed by atoms with Gasteiger partial charge in [-0.25, -0.2) is 0 Å². The Hall–Kier alpha value is -2.40. The maximum Gasteiger partial charge on any atom is 0.270 e. The maximum atomic E-state index is 12.7. The van der Waals surface area contributed by atoms with Crippen molar-refractivity contribution in [3.8, 4) is 0 Å². The van der Waals surface area contributed by atoms with Crippen molar-refractivity contribution in [3.05, 3.63) is 59.4 Å². The minimum absolute atomic E-state index is 0.00452. The van der Waals surface area contributed by atoms with Crippen LogP contribution in [-0.4, -0.2) is 52.2 Å². The van der Waals surface area contributed by atoms with Gasteiger partial charge >= 0.3 is 0 Å². The number of aromatic amines is 1. The van der Waals surface area contributed by atoms with Crippen LogP contribution < -0.4 is 0 Å². The molecule has 1 aromatic heterocycles. The molecule has 0 atom stereocenters. The summed E-state index contributed by atoms with van der Waals surface area (Å²) in [6.45, 7) is 2.82. The Morgan fingerprint density at radius 2 is 1.85 bits per heavy atom. The SMILES string of the molecule is O=C(CN(Cc1ccccc1)C1CC1)c1c[nH]c(C(=O)N2CCCC2)c1. The highest BCUT2D eigenvalue weighted by atomic mass is 16.2. The molecule has 1 aliphatic heterocycles. The van der Waals surface area contributed by atoms with Crippen molar-refractivity contribution in [2.24, 2.45) is 0 Å². The summed E-state index contributed by atoms with van der Waals surface area (Å²) < 4.78 is 0. The van der Waals surface area contributed by atoms with Gasteiger partial charge in [0.15, 0.2) is 5.78 Å². The normalized spacial score (nSPS) is 17.0. The summed E-state index contributed by atoms with van der Waals surface area (Å²) in [5.41, 5.74) is 2.36. The van der Waals surface area contributed by atoms with E-state index in [-0.39, 0.29) is 11.7 Å². The van der Waals surface area contributed by atoms with E-state index in [1.807, 2.05) is 23.1 Å². The van der Waals surface area contributed by atoms with Crippen molar-refractivity contribution in [1.82, 2.24) is 14.8 Å². The van der Waals surface area contributed by atoms with E-state index < -0.39 is 0 Å². The van der Waals surface area contributed by atoms with Crippen LogP contribution in [0.4, 0.5) is 0 Å². The number of aromatic nitrogens is 1. The van der Waals surface area contributed by atoms with Crippen molar-refractivity contribution >= 4 is 11.7 Å². The lowest BCUT2D eigenvalue weighted by atomic mass is 10.1. The van der Waals surface area contributed by atoms with Crippen molar-refractivity contribution < 1.29 is 9.59 Å². The average molecular weight is 351 g/mol. The third-order valence-corrected chi connectivity index (χ3v) is 5.27. The van der Waals surface area contributed by atoms with Crippen LogP contribution in [0.2, 0.25) is 0 Å². The van der Waals surface area contributed by atoms with E-state index in [4.69, 9.17) is 0 Å². The molecule has 5 nitrogen and oxygen atoms in total. The van der Waals surface area contributed by atoms with E-state index in [0.717, 1.165) is 45.3 Å². The van der Waals surface area contributed by atoms with Gasteiger partial charge in [-0.05, 0) is 37.3 Å². The lowest BCUT2D eigenvalue weighted by Gasteiger charge is -2.21. The van der Waals surface area contributed by atoms with Gasteiger partial charge in [-0.1, -0.05) is 30.3 Å². The fraction of sp³-hybridized carbons (Fsp3) is 0.429. The molecule has 26 heavy (non-hydrogen) atoms. The molecule has 0 spiro atoms. The number of likely N-dealkylation sites (tertiary alicyclic amines) is 1. The molecule has 2 heterocycles. The summed E-state index contributed by atoms with van der Waals surface area (Å²) in [7, 11) is 0. The second kappa shape index (κ2) is 7.46. The van der Waals surface area contributed by atoms with Gasteiger partial charge in [0.25, 0.3) is 5.91 Å². The van der Waals surface area contributed by atoms with Gasteiger partial charge in [0.2, 0.25) is 0 Å². The van der Waals surface area contributed by atoms with Gasteiger partial charge in [0.1, 0.15) is 5.69 Å². The number of H-pyrrole nitrogens is 1. The van der Waals surface area contributed by atoms with Gasteiger partial charge in [0.05, 0.1) is 6.54 Å². The highest BCUT2D eigenvalue weighted by Crippen LogP contribution is 2.28. The minimum atomic E-state index is 0.00452. The number of rotatable bonds is 7. The van der Waals surface area contributed by atoms with Gasteiger partial charge < -0.3 is 9.88 Å². The molecule has 5 heteroatoms. The Kier molecular flexibility index (Phi) is 4.89. The number of carbonyl (C=O) groups excluding carboxylic acids is 2. The van der Waals surface area contributed by atoms with Crippen LogP contribution in [-0.2, 0) is 6.54 Å². The van der Waals surface area contributed by atoms with Crippen molar-refractivity contribution in [1.29, 1.82) is 0 Å². The smallest absolute Gasteiger partial charge is 0.270 e. The zero-order valence-electron chi connectivity index (χ0n) is 15.0. The predicted molar refractivity (Wildman–Crippen MR) is 100 cm³/mol. The molecular weight excluding hydrogens is 326 g/mol. The lowest BCUT2D eigenvalue weighted by molar-refractivity contribution is 0.0787. The molecule has 0 unspecified atom stereocenters. The summed E-state index contributed by atoms with van der Waals surface area (Å²) in [6.07, 6.45) is 6.12. The number of nitrogens with zero attached hydrogens (tertiary/aromatic N) is 2. The van der Waals surface area contributed by atoms with E-state index in [1.165, 1.54) is 5.56 Å². The standard InChI is InChI=1S/C21H25N3O2/c25-20(15-24(18-8-9-18)14-16-6-2-1-3-7-16)17-12-19(22-13-17)21(26)23-10-4-5-11-23/h1-3,6-7,12-13,18,22H,4-5,8-11,14-15H2. The van der Waals surface area contributed by atoms with Crippen molar-refractivity contribution in [2.45, 2.75) is 38.3 Å². The molecule has 136 valence electrons. The minimum Gasteiger partial charge on any atom is -0.356 e. The highest BCUT2D eigenvalue weighted by Gasteiger charge is 2.31. The van der Waals surface area contributed by atoms with Crippen LogP contribution in [0.1, 0.15) is 52.1 Å². The topological polar surface area (TPSA) is 56.4 Å².